The van der Waals surface area contributed by atoms with Crippen molar-refractivity contribution in [1.82, 2.24) is 5.16 Å². The first kappa shape index (κ1) is 12.6. The number of ether oxygens (including phenoxy) is 3. The van der Waals surface area contributed by atoms with Gasteiger partial charge in [0.15, 0.2) is 28.7 Å². The lowest BCUT2D eigenvalue weighted by Gasteiger charge is -2.10. The fraction of sp³-hybridized carbons (Fsp3) is 0.167. The number of aromatic nitrogens is 1. The van der Waals surface area contributed by atoms with E-state index in [0.29, 0.717) is 27.8 Å². The number of benzene rings is 1. The molecule has 1 N–H and O–H groups in total. The van der Waals surface area contributed by atoms with Gasteiger partial charge >= 0.3 is 5.97 Å². The SMILES string of the molecule is COc1c(Cl)cc2c(c1-c1cc(C(=O)O)no1)OCO2. The number of halogens is 1. The molecule has 8 heteroatoms. The molecule has 1 aliphatic heterocycles. The van der Waals surface area contributed by atoms with Gasteiger partial charge in [0, 0.05) is 12.1 Å². The second-order valence-corrected chi connectivity index (χ2v) is 4.29. The number of hydrogen-bond donors (Lipinski definition) is 1. The zero-order valence-electron chi connectivity index (χ0n) is 10.2. The summed E-state index contributed by atoms with van der Waals surface area (Å²) in [5.41, 5.74) is 0.141. The van der Waals surface area contributed by atoms with Crippen molar-refractivity contribution >= 4 is 17.6 Å². The molecule has 0 aliphatic carbocycles. The number of carboxylic acids is 1. The topological polar surface area (TPSA) is 91.0 Å². The molecule has 7 nitrogen and oxygen atoms in total. The summed E-state index contributed by atoms with van der Waals surface area (Å²) in [5.74, 6) is 0.0701. The maximum absolute atomic E-state index is 10.9. The molecular formula is C12H8ClNO6. The van der Waals surface area contributed by atoms with Gasteiger partial charge < -0.3 is 23.8 Å². The zero-order valence-corrected chi connectivity index (χ0v) is 10.9. The van der Waals surface area contributed by atoms with Gasteiger partial charge in [-0.1, -0.05) is 16.8 Å². The molecule has 1 aromatic carbocycles. The highest BCUT2D eigenvalue weighted by Gasteiger charge is 2.28. The van der Waals surface area contributed by atoms with Gasteiger partial charge in [-0.05, 0) is 0 Å². The van der Waals surface area contributed by atoms with Gasteiger partial charge in [-0.15, -0.1) is 0 Å². The van der Waals surface area contributed by atoms with Crippen LogP contribution in [0.25, 0.3) is 11.3 Å². The van der Waals surface area contributed by atoms with E-state index in [9.17, 15) is 4.79 Å². The number of carboxylic acid groups (broad SMARTS) is 1. The fourth-order valence-corrected chi connectivity index (χ4v) is 2.18. The highest BCUT2D eigenvalue weighted by atomic mass is 35.5. The third-order valence-electron chi connectivity index (χ3n) is 2.75. The molecular weight excluding hydrogens is 290 g/mol. The monoisotopic (exact) mass is 297 g/mol. The lowest BCUT2D eigenvalue weighted by atomic mass is 10.1. The number of aromatic carboxylic acids is 1. The molecule has 0 saturated heterocycles. The fourth-order valence-electron chi connectivity index (χ4n) is 1.91. The van der Waals surface area contributed by atoms with Crippen molar-refractivity contribution in [1.29, 1.82) is 0 Å². The second kappa shape index (κ2) is 4.61. The largest absolute Gasteiger partial charge is 0.494 e. The van der Waals surface area contributed by atoms with Crippen molar-refractivity contribution in [2.45, 2.75) is 0 Å². The van der Waals surface area contributed by atoms with Gasteiger partial charge in [0.2, 0.25) is 6.79 Å². The van der Waals surface area contributed by atoms with Crippen LogP contribution in [0.4, 0.5) is 0 Å². The molecule has 0 unspecified atom stereocenters. The minimum atomic E-state index is -1.20. The minimum absolute atomic E-state index is 0.0335. The van der Waals surface area contributed by atoms with E-state index in [-0.39, 0.29) is 18.2 Å². The maximum Gasteiger partial charge on any atom is 0.358 e. The van der Waals surface area contributed by atoms with E-state index in [1.165, 1.54) is 13.2 Å². The maximum atomic E-state index is 10.9. The number of methoxy groups -OCH3 is 1. The lowest BCUT2D eigenvalue weighted by molar-refractivity contribution is 0.0686. The van der Waals surface area contributed by atoms with Gasteiger partial charge in [0.1, 0.15) is 5.56 Å². The molecule has 2 heterocycles. The summed E-state index contributed by atoms with van der Waals surface area (Å²) >= 11 is 6.09. The second-order valence-electron chi connectivity index (χ2n) is 3.88. The summed E-state index contributed by atoms with van der Waals surface area (Å²) in [5, 5.41) is 12.6. The lowest BCUT2D eigenvalue weighted by Crippen LogP contribution is -1.95. The van der Waals surface area contributed by atoms with E-state index in [4.69, 9.17) is 35.4 Å². The third kappa shape index (κ3) is 1.83. The highest BCUT2D eigenvalue weighted by molar-refractivity contribution is 6.33. The summed E-state index contributed by atoms with van der Waals surface area (Å²) in [7, 11) is 1.43. The number of hydrogen-bond acceptors (Lipinski definition) is 6. The van der Waals surface area contributed by atoms with Crippen molar-refractivity contribution in [2.75, 3.05) is 13.9 Å². The molecule has 0 saturated carbocycles. The average molecular weight is 298 g/mol. The highest BCUT2D eigenvalue weighted by Crippen LogP contribution is 2.50. The van der Waals surface area contributed by atoms with Crippen molar-refractivity contribution in [2.24, 2.45) is 0 Å². The average Bonchev–Trinajstić information content (AvgIpc) is 3.05. The van der Waals surface area contributed by atoms with E-state index < -0.39 is 5.97 Å². The normalized spacial score (nSPS) is 12.5. The van der Waals surface area contributed by atoms with Crippen LogP contribution in [0.15, 0.2) is 16.7 Å². The molecule has 1 aromatic heterocycles. The van der Waals surface area contributed by atoms with E-state index in [2.05, 4.69) is 5.16 Å². The first-order valence-corrected chi connectivity index (χ1v) is 5.86. The van der Waals surface area contributed by atoms with Crippen LogP contribution in [0.1, 0.15) is 10.5 Å². The Kier molecular flexibility index (Phi) is 2.90. The molecule has 20 heavy (non-hydrogen) atoms. The van der Waals surface area contributed by atoms with Gasteiger partial charge in [-0.3, -0.25) is 0 Å². The Bertz CT molecular complexity index is 692. The van der Waals surface area contributed by atoms with Crippen molar-refractivity contribution in [3.05, 3.63) is 22.8 Å². The minimum Gasteiger partial charge on any atom is -0.494 e. The van der Waals surface area contributed by atoms with Gasteiger partial charge in [-0.25, -0.2) is 4.79 Å². The predicted octanol–water partition coefficient (Wildman–Crippen LogP) is 2.43. The van der Waals surface area contributed by atoms with Crippen molar-refractivity contribution in [3.8, 4) is 28.6 Å². The molecule has 0 atom stereocenters. The first-order chi connectivity index (χ1) is 9.61. The Hall–Kier alpha value is -2.41. The van der Waals surface area contributed by atoms with E-state index in [1.807, 2.05) is 0 Å². The van der Waals surface area contributed by atoms with Crippen molar-refractivity contribution < 1.29 is 28.6 Å². The summed E-state index contributed by atoms with van der Waals surface area (Å²) in [6.07, 6.45) is 0. The van der Waals surface area contributed by atoms with Crippen LogP contribution in [0.2, 0.25) is 5.02 Å². The van der Waals surface area contributed by atoms with Crippen LogP contribution in [-0.4, -0.2) is 30.1 Å². The standard InChI is InChI=1S/C12H8ClNO6/c1-17-10-5(13)2-8-11(19-4-18-8)9(10)7-3-6(12(15)16)14-20-7/h2-3H,4H2,1H3,(H,15,16). The zero-order chi connectivity index (χ0) is 14.3. The van der Waals surface area contributed by atoms with Crippen LogP contribution >= 0.6 is 11.6 Å². The molecule has 0 radical (unpaired) electrons. The van der Waals surface area contributed by atoms with Crippen LogP contribution in [0.5, 0.6) is 17.2 Å². The summed E-state index contributed by atoms with van der Waals surface area (Å²) in [6, 6.07) is 2.82. The van der Waals surface area contributed by atoms with Crippen LogP contribution in [0, 0.1) is 0 Å². The Labute approximate surface area is 117 Å². The van der Waals surface area contributed by atoms with Crippen LogP contribution in [0.3, 0.4) is 0 Å². The molecule has 0 spiro atoms. The summed E-state index contributed by atoms with van der Waals surface area (Å²) in [4.78, 5) is 10.9. The van der Waals surface area contributed by atoms with Gasteiger partial charge in [0.05, 0.1) is 12.1 Å². The molecule has 0 fully saturated rings. The number of carbonyl (C=O) groups is 1. The molecule has 2 aromatic rings. The molecule has 1 aliphatic rings. The molecule has 0 amide bonds. The summed E-state index contributed by atoms with van der Waals surface area (Å²) < 4.78 is 20.9. The predicted molar refractivity (Wildman–Crippen MR) is 66.6 cm³/mol. The number of rotatable bonds is 3. The number of nitrogens with zero attached hydrogens (tertiary/aromatic N) is 1. The van der Waals surface area contributed by atoms with Crippen molar-refractivity contribution in [3.63, 3.8) is 0 Å². The van der Waals surface area contributed by atoms with E-state index >= 15 is 0 Å². The first-order valence-electron chi connectivity index (χ1n) is 5.48. The Morgan fingerprint density at radius 2 is 2.25 bits per heavy atom. The summed E-state index contributed by atoms with van der Waals surface area (Å²) in [6.45, 7) is 0.0335. The quantitative estimate of drug-likeness (QED) is 0.930. The smallest absolute Gasteiger partial charge is 0.358 e. The number of fused-ring (bicyclic) bond motifs is 1. The third-order valence-corrected chi connectivity index (χ3v) is 3.03. The Morgan fingerprint density at radius 3 is 2.90 bits per heavy atom. The Balaban J connectivity index is 2.23. The van der Waals surface area contributed by atoms with Crippen LogP contribution < -0.4 is 14.2 Å². The Morgan fingerprint density at radius 1 is 1.45 bits per heavy atom. The van der Waals surface area contributed by atoms with Gasteiger partial charge in [0.25, 0.3) is 0 Å². The molecule has 104 valence electrons. The van der Waals surface area contributed by atoms with E-state index in [1.54, 1.807) is 6.07 Å². The van der Waals surface area contributed by atoms with Gasteiger partial charge in [-0.2, -0.15) is 0 Å². The molecule has 0 bridgehead atoms. The molecule has 3 rings (SSSR count). The van der Waals surface area contributed by atoms with Crippen LogP contribution in [-0.2, 0) is 0 Å². The van der Waals surface area contributed by atoms with E-state index in [0.717, 1.165) is 0 Å².